The monoisotopic (exact) mass is 281 g/mol. The van der Waals surface area contributed by atoms with Gasteiger partial charge in [0.25, 0.3) is 0 Å². The fraction of sp³-hybridized carbons (Fsp3) is 0.263. The Morgan fingerprint density at radius 1 is 1.10 bits per heavy atom. The molecule has 21 heavy (non-hydrogen) atoms. The van der Waals surface area contributed by atoms with Crippen molar-refractivity contribution in [3.63, 3.8) is 0 Å². The highest BCUT2D eigenvalue weighted by Crippen LogP contribution is 2.36. The van der Waals surface area contributed by atoms with Gasteiger partial charge in [-0.2, -0.15) is 0 Å². The summed E-state index contributed by atoms with van der Waals surface area (Å²) in [4.78, 5) is 2.15. The molecular formula is C19H20FN. The largest absolute Gasteiger partial charge is 0.364 e. The Hall–Kier alpha value is -2.09. The second-order valence-corrected chi connectivity index (χ2v) is 5.79. The van der Waals surface area contributed by atoms with Crippen molar-refractivity contribution in [1.29, 1.82) is 0 Å². The molecule has 108 valence electrons. The number of alkyl halides is 1. The van der Waals surface area contributed by atoms with E-state index in [4.69, 9.17) is 0 Å². The van der Waals surface area contributed by atoms with Crippen LogP contribution < -0.4 is 4.90 Å². The van der Waals surface area contributed by atoms with Gasteiger partial charge in [-0.15, -0.1) is 6.58 Å². The molecule has 1 nitrogen and oxygen atoms in total. The number of hydrogen-bond donors (Lipinski definition) is 0. The summed E-state index contributed by atoms with van der Waals surface area (Å²) in [5.74, 6) is 0. The number of halogens is 1. The quantitative estimate of drug-likeness (QED) is 0.744. The summed E-state index contributed by atoms with van der Waals surface area (Å²) < 4.78 is 15.1. The molecule has 0 aromatic heterocycles. The lowest BCUT2D eigenvalue weighted by Gasteiger charge is -2.39. The molecule has 3 rings (SSSR count). The number of nitrogens with zero attached hydrogens (tertiary/aromatic N) is 1. The van der Waals surface area contributed by atoms with Gasteiger partial charge in [0.1, 0.15) is 5.67 Å². The highest BCUT2D eigenvalue weighted by Gasteiger charge is 2.36. The Bertz CT molecular complexity index is 622. The second-order valence-electron chi connectivity index (χ2n) is 5.79. The zero-order chi connectivity index (χ0) is 14.7. The molecule has 0 saturated carbocycles. The van der Waals surface area contributed by atoms with E-state index in [1.807, 2.05) is 36.4 Å². The van der Waals surface area contributed by atoms with E-state index in [2.05, 4.69) is 29.7 Å². The van der Waals surface area contributed by atoms with Crippen molar-refractivity contribution in [1.82, 2.24) is 0 Å². The molecule has 2 heteroatoms. The molecule has 0 spiro atoms. The molecule has 0 N–H and O–H groups in total. The highest BCUT2D eigenvalue weighted by atomic mass is 19.1. The van der Waals surface area contributed by atoms with E-state index in [-0.39, 0.29) is 0 Å². The number of para-hydroxylation sites is 1. The van der Waals surface area contributed by atoms with E-state index in [0.29, 0.717) is 19.4 Å². The first kappa shape index (κ1) is 13.9. The van der Waals surface area contributed by atoms with Crippen LogP contribution in [0.5, 0.6) is 0 Å². The Morgan fingerprint density at radius 2 is 1.81 bits per heavy atom. The lowest BCUT2D eigenvalue weighted by molar-refractivity contribution is 0.166. The van der Waals surface area contributed by atoms with Gasteiger partial charge < -0.3 is 4.90 Å². The smallest absolute Gasteiger partial charge is 0.135 e. The van der Waals surface area contributed by atoms with Crippen molar-refractivity contribution in [3.05, 3.63) is 78.4 Å². The van der Waals surface area contributed by atoms with Gasteiger partial charge in [0.2, 0.25) is 0 Å². The van der Waals surface area contributed by atoms with Crippen LogP contribution in [0.2, 0.25) is 0 Å². The topological polar surface area (TPSA) is 3.24 Å². The third kappa shape index (κ3) is 2.99. The molecule has 1 aliphatic rings. The third-order valence-electron chi connectivity index (χ3n) is 4.04. The average molecular weight is 281 g/mol. The summed E-state index contributed by atoms with van der Waals surface area (Å²) in [6, 6.07) is 18.4. The van der Waals surface area contributed by atoms with Gasteiger partial charge in [0.05, 0.1) is 6.54 Å². The molecule has 1 heterocycles. The van der Waals surface area contributed by atoms with Crippen molar-refractivity contribution >= 4 is 5.69 Å². The predicted octanol–water partition coefficient (Wildman–Crippen LogP) is 4.53. The van der Waals surface area contributed by atoms with Crippen LogP contribution in [0.15, 0.2) is 67.3 Å². The van der Waals surface area contributed by atoms with E-state index in [1.165, 1.54) is 5.56 Å². The van der Waals surface area contributed by atoms with Gasteiger partial charge in [0, 0.05) is 25.1 Å². The van der Waals surface area contributed by atoms with E-state index >= 15 is 4.39 Å². The summed E-state index contributed by atoms with van der Waals surface area (Å²) in [6.07, 6.45) is 2.56. The average Bonchev–Trinajstić information content (AvgIpc) is 2.48. The summed E-state index contributed by atoms with van der Waals surface area (Å²) >= 11 is 0. The summed E-state index contributed by atoms with van der Waals surface area (Å²) in [7, 11) is 0. The molecule has 0 fully saturated rings. The number of rotatable bonds is 4. The van der Waals surface area contributed by atoms with Gasteiger partial charge in [-0.25, -0.2) is 4.39 Å². The van der Waals surface area contributed by atoms with Crippen LogP contribution in [-0.2, 0) is 13.0 Å². The van der Waals surface area contributed by atoms with E-state index in [0.717, 1.165) is 17.8 Å². The van der Waals surface area contributed by atoms with E-state index in [9.17, 15) is 0 Å². The van der Waals surface area contributed by atoms with Crippen molar-refractivity contribution in [2.75, 3.05) is 11.4 Å². The number of allylic oxidation sites excluding steroid dienone is 1. The van der Waals surface area contributed by atoms with Crippen LogP contribution in [0.3, 0.4) is 0 Å². The van der Waals surface area contributed by atoms with Crippen molar-refractivity contribution in [3.8, 4) is 0 Å². The number of benzene rings is 2. The highest BCUT2D eigenvalue weighted by molar-refractivity contribution is 5.57. The molecule has 0 bridgehead atoms. The standard InChI is InChI=1S/C19H20FN/c1-2-12-19(20)13-17-10-6-7-11-18(17)21(15-19)14-16-8-4-3-5-9-16/h2-11H,1,12-15H2. The fourth-order valence-electron chi connectivity index (χ4n) is 3.13. The van der Waals surface area contributed by atoms with Gasteiger partial charge in [0.15, 0.2) is 0 Å². The molecule has 0 amide bonds. The summed E-state index contributed by atoms with van der Waals surface area (Å²) in [6.45, 7) is 4.86. The van der Waals surface area contributed by atoms with Crippen molar-refractivity contribution < 1.29 is 4.39 Å². The Morgan fingerprint density at radius 3 is 2.57 bits per heavy atom. The third-order valence-corrected chi connectivity index (χ3v) is 4.04. The van der Waals surface area contributed by atoms with Crippen molar-refractivity contribution in [2.24, 2.45) is 0 Å². The second kappa shape index (κ2) is 5.72. The lowest BCUT2D eigenvalue weighted by Crippen LogP contribution is -2.45. The maximum atomic E-state index is 15.1. The Labute approximate surface area is 125 Å². The Balaban J connectivity index is 1.92. The first-order valence-electron chi connectivity index (χ1n) is 7.37. The lowest BCUT2D eigenvalue weighted by atomic mass is 9.87. The predicted molar refractivity (Wildman–Crippen MR) is 86.3 cm³/mol. The maximum absolute atomic E-state index is 15.1. The van der Waals surface area contributed by atoms with Crippen LogP contribution >= 0.6 is 0 Å². The fourth-order valence-corrected chi connectivity index (χ4v) is 3.13. The SMILES string of the molecule is C=CCC1(F)Cc2ccccc2N(Cc2ccccc2)C1. The molecule has 2 aromatic carbocycles. The van der Waals surface area contributed by atoms with Crippen LogP contribution in [0.4, 0.5) is 10.1 Å². The molecular weight excluding hydrogens is 261 g/mol. The van der Waals surface area contributed by atoms with Gasteiger partial charge >= 0.3 is 0 Å². The Kier molecular flexibility index (Phi) is 3.78. The van der Waals surface area contributed by atoms with Gasteiger partial charge in [-0.05, 0) is 17.2 Å². The van der Waals surface area contributed by atoms with Crippen molar-refractivity contribution in [2.45, 2.75) is 25.1 Å². The number of anilines is 1. The normalized spacial score (nSPS) is 20.9. The molecule has 0 aliphatic carbocycles. The first-order valence-corrected chi connectivity index (χ1v) is 7.37. The van der Waals surface area contributed by atoms with Gasteiger partial charge in [-0.1, -0.05) is 54.6 Å². The summed E-state index contributed by atoms with van der Waals surface area (Å²) in [5, 5.41) is 0. The van der Waals surface area contributed by atoms with Crippen LogP contribution in [0, 0.1) is 0 Å². The molecule has 2 aromatic rings. The molecule has 1 aliphatic heterocycles. The van der Waals surface area contributed by atoms with Crippen LogP contribution in [0.25, 0.3) is 0 Å². The minimum absolute atomic E-state index is 0.395. The van der Waals surface area contributed by atoms with Crippen LogP contribution in [0.1, 0.15) is 17.5 Å². The maximum Gasteiger partial charge on any atom is 0.135 e. The van der Waals surface area contributed by atoms with E-state index < -0.39 is 5.67 Å². The van der Waals surface area contributed by atoms with Crippen LogP contribution in [-0.4, -0.2) is 12.2 Å². The zero-order valence-electron chi connectivity index (χ0n) is 12.1. The van der Waals surface area contributed by atoms with E-state index in [1.54, 1.807) is 6.08 Å². The van der Waals surface area contributed by atoms with Gasteiger partial charge in [-0.3, -0.25) is 0 Å². The number of fused-ring (bicyclic) bond motifs is 1. The molecule has 1 unspecified atom stereocenters. The zero-order valence-corrected chi connectivity index (χ0v) is 12.1. The molecule has 0 saturated heterocycles. The minimum Gasteiger partial charge on any atom is -0.364 e. The molecule has 1 atom stereocenters. The minimum atomic E-state index is -1.22. The molecule has 0 radical (unpaired) electrons. The first-order chi connectivity index (χ1) is 10.2. The summed E-state index contributed by atoms with van der Waals surface area (Å²) in [5.41, 5.74) is 2.23. The number of hydrogen-bond acceptors (Lipinski definition) is 1.